The van der Waals surface area contributed by atoms with Gasteiger partial charge in [0.05, 0.1) is 6.04 Å². The fourth-order valence-corrected chi connectivity index (χ4v) is 1.78. The van der Waals surface area contributed by atoms with Crippen molar-refractivity contribution in [3.05, 3.63) is 35.4 Å². The number of amides is 1. The maximum Gasteiger partial charge on any atom is 0.253 e. The number of aryl methyl sites for hydroxylation is 1. The normalized spacial score (nSPS) is 13.3. The maximum atomic E-state index is 12.1. The molecule has 0 aromatic heterocycles. The lowest BCUT2D eigenvalue weighted by atomic mass is 10.1. The van der Waals surface area contributed by atoms with Crippen LogP contribution in [-0.4, -0.2) is 37.6 Å². The van der Waals surface area contributed by atoms with Gasteiger partial charge in [0.1, 0.15) is 6.10 Å². The standard InChI is InChI=1S/C14H22N2O2.ClH/c1-10-5-7-12(8-6-10)11(2)16(3)14(17)13(9-15)18-4;/h5-8,11,13H,9,15H2,1-4H3;1H. The van der Waals surface area contributed by atoms with Crippen LogP contribution in [0.4, 0.5) is 0 Å². The third-order valence-corrected chi connectivity index (χ3v) is 3.26. The van der Waals surface area contributed by atoms with E-state index >= 15 is 0 Å². The zero-order chi connectivity index (χ0) is 13.7. The van der Waals surface area contributed by atoms with Gasteiger partial charge in [-0.15, -0.1) is 12.4 Å². The highest BCUT2D eigenvalue weighted by molar-refractivity contribution is 5.85. The minimum atomic E-state index is -0.567. The van der Waals surface area contributed by atoms with Crippen LogP contribution in [0.15, 0.2) is 24.3 Å². The van der Waals surface area contributed by atoms with Crippen molar-refractivity contribution in [3.63, 3.8) is 0 Å². The molecule has 5 heteroatoms. The molecular formula is C14H23ClN2O2. The first-order valence-corrected chi connectivity index (χ1v) is 6.07. The summed E-state index contributed by atoms with van der Waals surface area (Å²) in [5, 5.41) is 0. The molecule has 0 radical (unpaired) electrons. The SMILES string of the molecule is COC(CN)C(=O)N(C)C(C)c1ccc(C)cc1.Cl. The quantitative estimate of drug-likeness (QED) is 0.900. The molecule has 1 amide bonds. The number of rotatable bonds is 5. The Balaban J connectivity index is 0.00000324. The Morgan fingerprint density at radius 1 is 1.37 bits per heavy atom. The Morgan fingerprint density at radius 3 is 2.32 bits per heavy atom. The van der Waals surface area contributed by atoms with Crippen molar-refractivity contribution in [1.82, 2.24) is 4.90 Å². The van der Waals surface area contributed by atoms with Gasteiger partial charge in [-0.05, 0) is 19.4 Å². The van der Waals surface area contributed by atoms with E-state index in [1.807, 2.05) is 38.1 Å². The molecule has 2 N–H and O–H groups in total. The van der Waals surface area contributed by atoms with Crippen molar-refractivity contribution in [2.45, 2.75) is 26.0 Å². The number of halogens is 1. The first kappa shape index (κ1) is 17.9. The molecule has 2 unspecified atom stereocenters. The molecule has 1 aromatic rings. The smallest absolute Gasteiger partial charge is 0.253 e. The van der Waals surface area contributed by atoms with Crippen LogP contribution < -0.4 is 5.73 Å². The predicted octanol–water partition coefficient (Wildman–Crippen LogP) is 1.91. The Labute approximate surface area is 121 Å². The number of nitrogens with zero attached hydrogens (tertiary/aromatic N) is 1. The van der Waals surface area contributed by atoms with Crippen LogP contribution in [0.1, 0.15) is 24.1 Å². The van der Waals surface area contributed by atoms with Crippen LogP contribution in [-0.2, 0) is 9.53 Å². The summed E-state index contributed by atoms with van der Waals surface area (Å²) in [6.07, 6.45) is -0.567. The number of hydrogen-bond donors (Lipinski definition) is 1. The van der Waals surface area contributed by atoms with Crippen LogP contribution in [0.25, 0.3) is 0 Å². The summed E-state index contributed by atoms with van der Waals surface area (Å²) in [4.78, 5) is 13.8. The zero-order valence-corrected chi connectivity index (χ0v) is 12.7. The molecule has 0 heterocycles. The topological polar surface area (TPSA) is 55.6 Å². The summed E-state index contributed by atoms with van der Waals surface area (Å²) in [7, 11) is 3.27. The van der Waals surface area contributed by atoms with Crippen LogP contribution in [0.2, 0.25) is 0 Å². The van der Waals surface area contributed by atoms with Gasteiger partial charge in [0.25, 0.3) is 5.91 Å². The van der Waals surface area contributed by atoms with Crippen molar-refractivity contribution < 1.29 is 9.53 Å². The van der Waals surface area contributed by atoms with Gasteiger partial charge in [-0.2, -0.15) is 0 Å². The molecule has 0 aliphatic carbocycles. The lowest BCUT2D eigenvalue weighted by molar-refractivity contribution is -0.142. The summed E-state index contributed by atoms with van der Waals surface area (Å²) in [6.45, 7) is 4.23. The molecular weight excluding hydrogens is 264 g/mol. The third kappa shape index (κ3) is 4.49. The molecule has 0 aliphatic heterocycles. The zero-order valence-electron chi connectivity index (χ0n) is 11.9. The lowest BCUT2D eigenvalue weighted by Gasteiger charge is -2.28. The second kappa shape index (κ2) is 8.15. The van der Waals surface area contributed by atoms with E-state index in [1.165, 1.54) is 12.7 Å². The number of likely N-dealkylation sites (N-methyl/N-ethyl adjacent to an activating group) is 1. The van der Waals surface area contributed by atoms with Crippen molar-refractivity contribution in [2.75, 3.05) is 20.7 Å². The monoisotopic (exact) mass is 286 g/mol. The van der Waals surface area contributed by atoms with E-state index in [0.29, 0.717) is 0 Å². The van der Waals surface area contributed by atoms with Crippen LogP contribution >= 0.6 is 12.4 Å². The van der Waals surface area contributed by atoms with E-state index in [4.69, 9.17) is 10.5 Å². The fraction of sp³-hybridized carbons (Fsp3) is 0.500. The summed E-state index contributed by atoms with van der Waals surface area (Å²) >= 11 is 0. The second-order valence-corrected chi connectivity index (χ2v) is 4.50. The Morgan fingerprint density at radius 2 is 1.89 bits per heavy atom. The summed E-state index contributed by atoms with van der Waals surface area (Å²) in [5.41, 5.74) is 7.81. The third-order valence-electron chi connectivity index (χ3n) is 3.26. The highest BCUT2D eigenvalue weighted by Crippen LogP contribution is 2.20. The Kier molecular flexibility index (Phi) is 7.68. The van der Waals surface area contributed by atoms with Gasteiger partial charge in [0.15, 0.2) is 0 Å². The second-order valence-electron chi connectivity index (χ2n) is 4.50. The van der Waals surface area contributed by atoms with E-state index < -0.39 is 6.10 Å². The first-order valence-electron chi connectivity index (χ1n) is 6.07. The molecule has 0 aliphatic rings. The Hall–Kier alpha value is -1.10. The summed E-state index contributed by atoms with van der Waals surface area (Å²) in [6, 6.07) is 8.16. The van der Waals surface area contributed by atoms with Gasteiger partial charge in [-0.3, -0.25) is 4.79 Å². The molecule has 108 valence electrons. The first-order chi connectivity index (χ1) is 8.51. The molecule has 0 spiro atoms. The molecule has 4 nitrogen and oxygen atoms in total. The molecule has 2 atom stereocenters. The number of ether oxygens (including phenoxy) is 1. The number of methoxy groups -OCH3 is 1. The van der Waals surface area contributed by atoms with E-state index in [-0.39, 0.29) is 30.9 Å². The van der Waals surface area contributed by atoms with Gasteiger partial charge < -0.3 is 15.4 Å². The fourth-order valence-electron chi connectivity index (χ4n) is 1.78. The highest BCUT2D eigenvalue weighted by Gasteiger charge is 2.24. The average molecular weight is 287 g/mol. The van der Waals surface area contributed by atoms with Gasteiger partial charge in [-0.25, -0.2) is 0 Å². The predicted molar refractivity (Wildman–Crippen MR) is 79.5 cm³/mol. The van der Waals surface area contributed by atoms with Gasteiger partial charge in [0, 0.05) is 20.7 Å². The number of hydrogen-bond acceptors (Lipinski definition) is 3. The van der Waals surface area contributed by atoms with Crippen molar-refractivity contribution in [1.29, 1.82) is 0 Å². The molecule has 1 rings (SSSR count). The molecule has 1 aromatic carbocycles. The minimum absolute atomic E-state index is 0. The molecule has 0 fully saturated rings. The van der Waals surface area contributed by atoms with E-state index in [2.05, 4.69) is 0 Å². The van der Waals surface area contributed by atoms with Crippen molar-refractivity contribution >= 4 is 18.3 Å². The van der Waals surface area contributed by atoms with Crippen LogP contribution in [0.5, 0.6) is 0 Å². The number of benzene rings is 1. The largest absolute Gasteiger partial charge is 0.370 e. The lowest BCUT2D eigenvalue weighted by Crippen LogP contribution is -2.42. The summed E-state index contributed by atoms with van der Waals surface area (Å²) in [5.74, 6) is -0.0897. The van der Waals surface area contributed by atoms with Crippen LogP contribution in [0.3, 0.4) is 0 Å². The van der Waals surface area contributed by atoms with Crippen LogP contribution in [0, 0.1) is 6.92 Å². The highest BCUT2D eigenvalue weighted by atomic mass is 35.5. The number of carbonyl (C=O) groups excluding carboxylic acids is 1. The number of carbonyl (C=O) groups is 1. The van der Waals surface area contributed by atoms with Gasteiger partial charge >= 0.3 is 0 Å². The Bertz CT molecular complexity index is 391. The molecule has 0 saturated heterocycles. The summed E-state index contributed by atoms with van der Waals surface area (Å²) < 4.78 is 5.07. The van der Waals surface area contributed by atoms with Gasteiger partial charge in [0.2, 0.25) is 0 Å². The molecule has 0 bridgehead atoms. The molecule has 0 saturated carbocycles. The van der Waals surface area contributed by atoms with Crippen molar-refractivity contribution in [3.8, 4) is 0 Å². The van der Waals surface area contributed by atoms with E-state index in [0.717, 1.165) is 5.56 Å². The van der Waals surface area contributed by atoms with E-state index in [9.17, 15) is 4.79 Å². The van der Waals surface area contributed by atoms with Crippen molar-refractivity contribution in [2.24, 2.45) is 5.73 Å². The molecule has 19 heavy (non-hydrogen) atoms. The minimum Gasteiger partial charge on any atom is -0.370 e. The number of nitrogens with two attached hydrogens (primary N) is 1. The van der Waals surface area contributed by atoms with E-state index in [1.54, 1.807) is 11.9 Å². The van der Waals surface area contributed by atoms with Gasteiger partial charge in [-0.1, -0.05) is 29.8 Å². The average Bonchev–Trinajstić information content (AvgIpc) is 2.39. The maximum absolute atomic E-state index is 12.1.